The van der Waals surface area contributed by atoms with Gasteiger partial charge in [0.05, 0.1) is 25.6 Å². The van der Waals surface area contributed by atoms with Gasteiger partial charge in [0, 0.05) is 19.6 Å². The smallest absolute Gasteiger partial charge is 0.225 e. The fourth-order valence-electron chi connectivity index (χ4n) is 2.22. The summed E-state index contributed by atoms with van der Waals surface area (Å²) in [4.78, 5) is 10.8. The Bertz CT molecular complexity index is 372. The van der Waals surface area contributed by atoms with Crippen LogP contribution in [0.25, 0.3) is 0 Å². The van der Waals surface area contributed by atoms with Gasteiger partial charge in [-0.3, -0.25) is 0 Å². The Balaban J connectivity index is 1.60. The van der Waals surface area contributed by atoms with E-state index in [1.54, 1.807) is 12.4 Å². The molecule has 0 aromatic carbocycles. The van der Waals surface area contributed by atoms with Crippen LogP contribution in [0.5, 0.6) is 5.75 Å². The third-order valence-corrected chi connectivity index (χ3v) is 3.23. The standard InChI is InChI=1S/C12H18N4O2/c1-2-13-7-10(1)18-11-8-14-12(15-9-11)16-3-5-17-6-4-16/h8-10,13H,1-7H2. The van der Waals surface area contributed by atoms with Gasteiger partial charge < -0.3 is 19.7 Å². The fraction of sp³-hybridized carbons (Fsp3) is 0.667. The molecule has 6 heteroatoms. The molecule has 6 nitrogen and oxygen atoms in total. The third-order valence-electron chi connectivity index (χ3n) is 3.23. The lowest BCUT2D eigenvalue weighted by Gasteiger charge is -2.26. The van der Waals surface area contributed by atoms with Crippen molar-refractivity contribution in [1.29, 1.82) is 0 Å². The van der Waals surface area contributed by atoms with E-state index in [9.17, 15) is 0 Å². The number of hydrogen-bond acceptors (Lipinski definition) is 6. The molecule has 0 aliphatic carbocycles. The topological polar surface area (TPSA) is 59.5 Å². The first-order chi connectivity index (χ1) is 8.92. The van der Waals surface area contributed by atoms with Gasteiger partial charge in [0.2, 0.25) is 5.95 Å². The number of nitrogens with zero attached hydrogens (tertiary/aromatic N) is 3. The summed E-state index contributed by atoms with van der Waals surface area (Å²) >= 11 is 0. The van der Waals surface area contributed by atoms with E-state index in [-0.39, 0.29) is 6.10 Å². The molecule has 18 heavy (non-hydrogen) atoms. The zero-order valence-electron chi connectivity index (χ0n) is 10.3. The maximum atomic E-state index is 5.79. The Morgan fingerprint density at radius 2 is 2.06 bits per heavy atom. The zero-order chi connectivity index (χ0) is 12.2. The van der Waals surface area contributed by atoms with Crippen LogP contribution >= 0.6 is 0 Å². The van der Waals surface area contributed by atoms with E-state index in [0.29, 0.717) is 0 Å². The third kappa shape index (κ3) is 2.70. The minimum Gasteiger partial charge on any atom is -0.486 e. The summed E-state index contributed by atoms with van der Waals surface area (Å²) in [5.74, 6) is 1.51. The zero-order valence-corrected chi connectivity index (χ0v) is 10.3. The Morgan fingerprint density at radius 1 is 1.28 bits per heavy atom. The van der Waals surface area contributed by atoms with Crippen molar-refractivity contribution < 1.29 is 9.47 Å². The Hall–Kier alpha value is -1.40. The molecule has 0 bridgehead atoms. The minimum atomic E-state index is 0.253. The Morgan fingerprint density at radius 3 is 2.72 bits per heavy atom. The van der Waals surface area contributed by atoms with Crippen molar-refractivity contribution in [3.63, 3.8) is 0 Å². The molecule has 0 radical (unpaired) electrons. The number of hydrogen-bond donors (Lipinski definition) is 1. The molecule has 1 N–H and O–H groups in total. The molecule has 0 saturated carbocycles. The van der Waals surface area contributed by atoms with Gasteiger partial charge in [-0.15, -0.1) is 0 Å². The Labute approximate surface area is 106 Å². The molecule has 1 atom stereocenters. The maximum Gasteiger partial charge on any atom is 0.225 e. The van der Waals surface area contributed by atoms with Gasteiger partial charge in [-0.2, -0.15) is 0 Å². The maximum absolute atomic E-state index is 5.79. The second kappa shape index (κ2) is 5.49. The summed E-state index contributed by atoms with van der Waals surface area (Å²) in [7, 11) is 0. The fourth-order valence-corrected chi connectivity index (χ4v) is 2.22. The van der Waals surface area contributed by atoms with Crippen molar-refractivity contribution in [2.24, 2.45) is 0 Å². The van der Waals surface area contributed by atoms with Gasteiger partial charge in [-0.1, -0.05) is 0 Å². The van der Waals surface area contributed by atoms with Crippen LogP contribution < -0.4 is 15.0 Å². The van der Waals surface area contributed by atoms with Gasteiger partial charge in [-0.05, 0) is 13.0 Å². The predicted molar refractivity (Wildman–Crippen MR) is 67.0 cm³/mol. The molecule has 2 aliphatic heterocycles. The lowest BCUT2D eigenvalue weighted by Crippen LogP contribution is -2.37. The molecule has 1 aromatic rings. The van der Waals surface area contributed by atoms with Crippen LogP contribution in [-0.2, 0) is 4.74 Å². The minimum absolute atomic E-state index is 0.253. The number of ether oxygens (including phenoxy) is 2. The van der Waals surface area contributed by atoms with Gasteiger partial charge in [-0.25, -0.2) is 9.97 Å². The first-order valence-corrected chi connectivity index (χ1v) is 6.44. The van der Waals surface area contributed by atoms with Crippen LogP contribution in [0.1, 0.15) is 6.42 Å². The van der Waals surface area contributed by atoms with E-state index in [4.69, 9.17) is 9.47 Å². The molecule has 1 aromatic heterocycles. The summed E-state index contributed by atoms with van der Waals surface area (Å²) in [5.41, 5.74) is 0. The highest BCUT2D eigenvalue weighted by molar-refractivity contribution is 5.31. The van der Waals surface area contributed by atoms with Crippen LogP contribution in [0.2, 0.25) is 0 Å². The highest BCUT2D eigenvalue weighted by Gasteiger charge is 2.17. The molecule has 3 rings (SSSR count). The average molecular weight is 250 g/mol. The van der Waals surface area contributed by atoms with Crippen LogP contribution in [0.3, 0.4) is 0 Å². The lowest BCUT2D eigenvalue weighted by molar-refractivity contribution is 0.122. The van der Waals surface area contributed by atoms with Gasteiger partial charge in [0.25, 0.3) is 0 Å². The van der Waals surface area contributed by atoms with Crippen LogP contribution in [0, 0.1) is 0 Å². The van der Waals surface area contributed by atoms with Gasteiger partial charge in [0.1, 0.15) is 6.10 Å². The van der Waals surface area contributed by atoms with Crippen molar-refractivity contribution >= 4 is 5.95 Å². The SMILES string of the molecule is c1nc(N2CCOCC2)ncc1OC1CCNC1. The predicted octanol–water partition coefficient (Wildman–Crippen LogP) is 0.0539. The average Bonchev–Trinajstić information content (AvgIpc) is 2.94. The molecule has 0 amide bonds. The van der Waals surface area contributed by atoms with Crippen LogP contribution in [0.4, 0.5) is 5.95 Å². The van der Waals surface area contributed by atoms with E-state index >= 15 is 0 Å². The highest BCUT2D eigenvalue weighted by Crippen LogP contribution is 2.16. The molecule has 2 saturated heterocycles. The number of rotatable bonds is 3. The number of anilines is 1. The van der Waals surface area contributed by atoms with Crippen molar-refractivity contribution in [3.05, 3.63) is 12.4 Å². The normalized spacial score (nSPS) is 24.2. The molecule has 98 valence electrons. The van der Waals surface area contributed by atoms with Gasteiger partial charge >= 0.3 is 0 Å². The summed E-state index contributed by atoms with van der Waals surface area (Å²) in [6.07, 6.45) is 4.82. The lowest BCUT2D eigenvalue weighted by atomic mass is 10.3. The van der Waals surface area contributed by atoms with E-state index < -0.39 is 0 Å². The van der Waals surface area contributed by atoms with Crippen molar-refractivity contribution in [3.8, 4) is 5.75 Å². The van der Waals surface area contributed by atoms with Crippen molar-refractivity contribution in [1.82, 2.24) is 15.3 Å². The van der Waals surface area contributed by atoms with Crippen LogP contribution in [0.15, 0.2) is 12.4 Å². The second-order valence-corrected chi connectivity index (χ2v) is 4.55. The van der Waals surface area contributed by atoms with E-state index in [2.05, 4.69) is 20.2 Å². The first kappa shape index (κ1) is 11.7. The molecule has 1 unspecified atom stereocenters. The van der Waals surface area contributed by atoms with E-state index in [1.165, 1.54) is 0 Å². The molecule has 0 spiro atoms. The number of aromatic nitrogens is 2. The summed E-state index contributed by atoms with van der Waals surface area (Å²) < 4.78 is 11.1. The molecular formula is C12H18N4O2. The first-order valence-electron chi connectivity index (χ1n) is 6.44. The highest BCUT2D eigenvalue weighted by atomic mass is 16.5. The van der Waals surface area contributed by atoms with E-state index in [1.807, 2.05) is 0 Å². The monoisotopic (exact) mass is 250 g/mol. The molecule has 3 heterocycles. The molecular weight excluding hydrogens is 232 g/mol. The van der Waals surface area contributed by atoms with Crippen molar-refractivity contribution in [2.45, 2.75) is 12.5 Å². The molecule has 2 fully saturated rings. The number of nitrogens with one attached hydrogen (secondary N) is 1. The number of morpholine rings is 1. The van der Waals surface area contributed by atoms with Crippen molar-refractivity contribution in [2.75, 3.05) is 44.3 Å². The quantitative estimate of drug-likeness (QED) is 0.818. The summed E-state index contributed by atoms with van der Waals surface area (Å²) in [6, 6.07) is 0. The van der Waals surface area contributed by atoms with Crippen LogP contribution in [-0.4, -0.2) is 55.5 Å². The van der Waals surface area contributed by atoms with Gasteiger partial charge in [0.15, 0.2) is 5.75 Å². The summed E-state index contributed by atoms with van der Waals surface area (Å²) in [6.45, 7) is 5.13. The molecule has 2 aliphatic rings. The van der Waals surface area contributed by atoms with E-state index in [0.717, 1.165) is 57.5 Å². The summed E-state index contributed by atoms with van der Waals surface area (Å²) in [5, 5.41) is 3.27. The second-order valence-electron chi connectivity index (χ2n) is 4.55. The Kier molecular flexibility index (Phi) is 3.56. The largest absolute Gasteiger partial charge is 0.486 e.